The molecule has 118 valence electrons. The van der Waals surface area contributed by atoms with Crippen LogP contribution in [0, 0.1) is 13.8 Å². The van der Waals surface area contributed by atoms with E-state index in [1.54, 1.807) is 0 Å². The quantitative estimate of drug-likeness (QED) is 0.203. The maximum Gasteiger partial charge on any atom is -0.0351 e. The number of rotatable bonds is 16. The summed E-state index contributed by atoms with van der Waals surface area (Å²) in [6.45, 7) is 7.76. The van der Waals surface area contributed by atoms with Gasteiger partial charge in [0.2, 0.25) is 0 Å². The molecule has 0 saturated carbocycles. The topological polar surface area (TPSA) is 0 Å². The van der Waals surface area contributed by atoms with E-state index in [2.05, 4.69) is 26.0 Å². The van der Waals surface area contributed by atoms with Crippen LogP contribution in [0.3, 0.4) is 0 Å². The average molecular weight is 279 g/mol. The Morgan fingerprint density at radius 3 is 1.05 bits per heavy atom. The lowest BCUT2D eigenvalue weighted by atomic mass is 10.1. The summed E-state index contributed by atoms with van der Waals surface area (Å²) in [5, 5.41) is 0. The number of hydrogen-bond donors (Lipinski definition) is 0. The fraction of sp³-hybridized carbons (Fsp3) is 0.800. The van der Waals surface area contributed by atoms with Gasteiger partial charge in [0.05, 0.1) is 0 Å². The molecular weight excluding hydrogens is 240 g/mol. The molecule has 0 atom stereocenters. The predicted molar refractivity (Wildman–Crippen MR) is 93.7 cm³/mol. The highest BCUT2D eigenvalue weighted by atomic mass is 14.0. The van der Waals surface area contributed by atoms with Gasteiger partial charge in [0, 0.05) is 0 Å². The summed E-state index contributed by atoms with van der Waals surface area (Å²) in [7, 11) is 0. The van der Waals surface area contributed by atoms with E-state index in [0.29, 0.717) is 0 Å². The van der Waals surface area contributed by atoms with Crippen LogP contribution in [-0.4, -0.2) is 0 Å². The maximum absolute atomic E-state index is 3.88. The van der Waals surface area contributed by atoms with Gasteiger partial charge in [-0.15, -0.1) is 0 Å². The molecule has 0 spiro atoms. The monoisotopic (exact) mass is 278 g/mol. The summed E-state index contributed by atoms with van der Waals surface area (Å²) < 4.78 is 0. The molecule has 0 N–H and O–H groups in total. The van der Waals surface area contributed by atoms with Crippen LogP contribution in [0.4, 0.5) is 0 Å². The minimum atomic E-state index is 1.10. The SMILES string of the molecule is [CH2]CCCCCC/C=C/CCCCCCCCCC[CH2]. The molecule has 0 aromatic rings. The van der Waals surface area contributed by atoms with Gasteiger partial charge in [0.25, 0.3) is 0 Å². The molecule has 0 aliphatic carbocycles. The van der Waals surface area contributed by atoms with Gasteiger partial charge < -0.3 is 0 Å². The molecule has 0 aliphatic rings. The van der Waals surface area contributed by atoms with E-state index < -0.39 is 0 Å². The summed E-state index contributed by atoms with van der Waals surface area (Å²) in [5.74, 6) is 0. The molecule has 0 saturated heterocycles. The zero-order valence-corrected chi connectivity index (χ0v) is 13.9. The Hall–Kier alpha value is -0.260. The Kier molecular flexibility index (Phi) is 18.5. The standard InChI is InChI=1S/C20H38/c1-3-5-7-9-11-13-15-17-19-20-18-16-14-12-10-8-6-4-2/h15,17H,1-14,16,18-20H2/b17-15+. The highest BCUT2D eigenvalue weighted by Crippen LogP contribution is 2.11. The number of allylic oxidation sites excluding steroid dienone is 2. The van der Waals surface area contributed by atoms with Crippen molar-refractivity contribution in [2.75, 3.05) is 0 Å². The van der Waals surface area contributed by atoms with E-state index in [1.165, 1.54) is 89.9 Å². The third-order valence-electron chi connectivity index (χ3n) is 3.91. The van der Waals surface area contributed by atoms with Crippen molar-refractivity contribution in [3.63, 3.8) is 0 Å². The first-order valence-electron chi connectivity index (χ1n) is 9.15. The van der Waals surface area contributed by atoms with Gasteiger partial charge in [-0.2, -0.15) is 0 Å². The first-order chi connectivity index (χ1) is 9.91. The minimum absolute atomic E-state index is 1.10. The zero-order chi connectivity index (χ0) is 14.7. The molecule has 0 aromatic carbocycles. The molecule has 0 aromatic heterocycles. The van der Waals surface area contributed by atoms with E-state index in [-0.39, 0.29) is 0 Å². The molecule has 0 unspecified atom stereocenters. The van der Waals surface area contributed by atoms with Gasteiger partial charge in [0.15, 0.2) is 0 Å². The molecule has 2 radical (unpaired) electrons. The van der Waals surface area contributed by atoms with Crippen LogP contribution in [0.15, 0.2) is 12.2 Å². The van der Waals surface area contributed by atoms with Crippen molar-refractivity contribution < 1.29 is 0 Å². The second-order valence-corrected chi connectivity index (χ2v) is 6.00. The molecule has 0 nitrogen and oxygen atoms in total. The fourth-order valence-electron chi connectivity index (χ4n) is 2.53. The Bertz CT molecular complexity index is 180. The minimum Gasteiger partial charge on any atom is -0.0885 e. The van der Waals surface area contributed by atoms with Crippen molar-refractivity contribution in [3.05, 3.63) is 26.0 Å². The highest BCUT2D eigenvalue weighted by Gasteiger charge is 1.91. The van der Waals surface area contributed by atoms with Crippen LogP contribution in [0.25, 0.3) is 0 Å². The molecule has 0 aliphatic heterocycles. The van der Waals surface area contributed by atoms with E-state index in [1.807, 2.05) is 0 Å². The highest BCUT2D eigenvalue weighted by molar-refractivity contribution is 4.81. The summed E-state index contributed by atoms with van der Waals surface area (Å²) in [6.07, 6.45) is 26.2. The van der Waals surface area contributed by atoms with E-state index >= 15 is 0 Å². The van der Waals surface area contributed by atoms with Crippen molar-refractivity contribution >= 4 is 0 Å². The van der Waals surface area contributed by atoms with Crippen molar-refractivity contribution in [1.82, 2.24) is 0 Å². The van der Waals surface area contributed by atoms with Crippen molar-refractivity contribution in [3.8, 4) is 0 Å². The Labute approximate surface area is 129 Å². The predicted octanol–water partition coefficient (Wildman–Crippen LogP) is 7.45. The summed E-state index contributed by atoms with van der Waals surface area (Å²) in [5.41, 5.74) is 0. The second-order valence-electron chi connectivity index (χ2n) is 6.00. The maximum atomic E-state index is 3.88. The Morgan fingerprint density at radius 2 is 0.700 bits per heavy atom. The molecule has 0 heterocycles. The zero-order valence-electron chi connectivity index (χ0n) is 13.9. The van der Waals surface area contributed by atoms with Gasteiger partial charge in [-0.3, -0.25) is 0 Å². The Balaban J connectivity index is 3.01. The largest absolute Gasteiger partial charge is 0.0885 e. The van der Waals surface area contributed by atoms with Crippen molar-refractivity contribution in [2.24, 2.45) is 0 Å². The fourth-order valence-corrected chi connectivity index (χ4v) is 2.53. The first kappa shape index (κ1) is 19.7. The van der Waals surface area contributed by atoms with Gasteiger partial charge in [0.1, 0.15) is 0 Å². The van der Waals surface area contributed by atoms with Crippen molar-refractivity contribution in [1.29, 1.82) is 0 Å². The Morgan fingerprint density at radius 1 is 0.400 bits per heavy atom. The average Bonchev–Trinajstić information content (AvgIpc) is 2.47. The van der Waals surface area contributed by atoms with Crippen LogP contribution in [0.1, 0.15) is 103 Å². The van der Waals surface area contributed by atoms with Gasteiger partial charge in [-0.1, -0.05) is 103 Å². The molecule has 0 fully saturated rings. The molecule has 0 heteroatoms. The van der Waals surface area contributed by atoms with Crippen LogP contribution in [0.2, 0.25) is 0 Å². The van der Waals surface area contributed by atoms with Gasteiger partial charge in [-0.05, 0) is 25.7 Å². The lowest BCUT2D eigenvalue weighted by Gasteiger charge is -2.00. The third-order valence-corrected chi connectivity index (χ3v) is 3.91. The third kappa shape index (κ3) is 17.7. The lowest BCUT2D eigenvalue weighted by Crippen LogP contribution is -1.81. The molecule has 20 heavy (non-hydrogen) atoms. The molecular formula is C20H38. The second kappa shape index (κ2) is 18.7. The van der Waals surface area contributed by atoms with Crippen molar-refractivity contribution in [2.45, 2.75) is 103 Å². The molecule has 0 amide bonds. The molecule has 0 bridgehead atoms. The van der Waals surface area contributed by atoms with E-state index in [9.17, 15) is 0 Å². The molecule has 0 rings (SSSR count). The van der Waals surface area contributed by atoms with Crippen LogP contribution in [0.5, 0.6) is 0 Å². The normalized spacial score (nSPS) is 11.5. The first-order valence-corrected chi connectivity index (χ1v) is 9.15. The lowest BCUT2D eigenvalue weighted by molar-refractivity contribution is 0.570. The number of unbranched alkanes of at least 4 members (excludes halogenated alkanes) is 14. The van der Waals surface area contributed by atoms with Crippen LogP contribution in [-0.2, 0) is 0 Å². The van der Waals surface area contributed by atoms with Gasteiger partial charge >= 0.3 is 0 Å². The summed E-state index contributed by atoms with van der Waals surface area (Å²) in [6, 6.07) is 0. The van der Waals surface area contributed by atoms with Gasteiger partial charge in [-0.25, -0.2) is 0 Å². The summed E-state index contributed by atoms with van der Waals surface area (Å²) in [4.78, 5) is 0. The van der Waals surface area contributed by atoms with Crippen LogP contribution >= 0.6 is 0 Å². The summed E-state index contributed by atoms with van der Waals surface area (Å²) >= 11 is 0. The van der Waals surface area contributed by atoms with E-state index in [0.717, 1.165) is 12.8 Å². The van der Waals surface area contributed by atoms with E-state index in [4.69, 9.17) is 0 Å². The number of hydrogen-bond acceptors (Lipinski definition) is 0. The van der Waals surface area contributed by atoms with Crippen LogP contribution < -0.4 is 0 Å². The smallest absolute Gasteiger partial charge is 0.0351 e.